The van der Waals surface area contributed by atoms with Gasteiger partial charge in [0.05, 0.1) is 18.7 Å². The number of likely N-dealkylation sites (tertiary alicyclic amines) is 1. The lowest BCUT2D eigenvalue weighted by atomic mass is 10.1. The molecule has 1 aromatic rings. The van der Waals surface area contributed by atoms with Gasteiger partial charge in [0.2, 0.25) is 0 Å². The number of benzene rings is 1. The number of nitrogens with zero attached hydrogens (tertiary/aromatic N) is 2. The Kier molecular flexibility index (Phi) is 5.45. The Balaban J connectivity index is 2.35. The zero-order valence-corrected chi connectivity index (χ0v) is 14.1. The summed E-state index contributed by atoms with van der Waals surface area (Å²) in [6, 6.07) is 5.52. The monoisotopic (exact) mass is 364 g/mol. The van der Waals surface area contributed by atoms with Gasteiger partial charge in [-0.1, -0.05) is 0 Å². The van der Waals surface area contributed by atoms with E-state index in [-0.39, 0.29) is 11.5 Å². The zero-order valence-electron chi connectivity index (χ0n) is 12.6. The molecule has 0 radical (unpaired) electrons. The third-order valence-corrected chi connectivity index (χ3v) is 4.10. The molecule has 1 aliphatic heterocycles. The van der Waals surface area contributed by atoms with Crippen molar-refractivity contribution >= 4 is 27.9 Å². The molecule has 0 aliphatic carbocycles. The van der Waals surface area contributed by atoms with E-state index in [1.807, 2.05) is 6.07 Å². The predicted molar refractivity (Wildman–Crippen MR) is 86.7 cm³/mol. The van der Waals surface area contributed by atoms with E-state index in [0.717, 1.165) is 12.8 Å². The molecule has 116 valence electrons. The van der Waals surface area contributed by atoms with E-state index in [9.17, 15) is 10.1 Å². The van der Waals surface area contributed by atoms with Gasteiger partial charge in [-0.3, -0.25) is 4.79 Å². The van der Waals surface area contributed by atoms with Crippen LogP contribution in [0.25, 0.3) is 6.08 Å². The van der Waals surface area contributed by atoms with Gasteiger partial charge in [0, 0.05) is 13.1 Å². The van der Waals surface area contributed by atoms with Gasteiger partial charge in [-0.05, 0) is 52.5 Å². The highest BCUT2D eigenvalue weighted by Crippen LogP contribution is 2.36. The van der Waals surface area contributed by atoms with Crippen LogP contribution in [0.15, 0.2) is 22.2 Å². The Morgan fingerprint density at radius 1 is 1.32 bits per heavy atom. The fourth-order valence-corrected chi connectivity index (χ4v) is 3.04. The SMILES string of the molecule is COc1cc(/C=C(\C#N)C(=O)N2CCCC2)cc(Br)c1OC. The van der Waals surface area contributed by atoms with Crippen LogP contribution in [0.2, 0.25) is 0 Å². The number of nitriles is 1. The molecule has 0 aromatic heterocycles. The van der Waals surface area contributed by atoms with E-state index >= 15 is 0 Å². The highest BCUT2D eigenvalue weighted by Gasteiger charge is 2.21. The first-order valence-electron chi connectivity index (χ1n) is 6.93. The Bertz CT molecular complexity index is 644. The number of amides is 1. The number of rotatable bonds is 4. The molecule has 6 heteroatoms. The van der Waals surface area contributed by atoms with Gasteiger partial charge in [0.15, 0.2) is 11.5 Å². The minimum absolute atomic E-state index is 0.126. The molecule has 0 N–H and O–H groups in total. The molecule has 1 amide bonds. The summed E-state index contributed by atoms with van der Waals surface area (Å²) in [6.07, 6.45) is 3.56. The third kappa shape index (κ3) is 3.42. The molecule has 0 unspecified atom stereocenters. The number of carbonyl (C=O) groups excluding carboxylic acids is 1. The van der Waals surface area contributed by atoms with Gasteiger partial charge in [-0.2, -0.15) is 5.26 Å². The van der Waals surface area contributed by atoms with Crippen molar-refractivity contribution < 1.29 is 14.3 Å². The van der Waals surface area contributed by atoms with Crippen LogP contribution >= 0.6 is 15.9 Å². The van der Waals surface area contributed by atoms with Crippen LogP contribution in [0, 0.1) is 11.3 Å². The number of hydrogen-bond donors (Lipinski definition) is 0. The Hall–Kier alpha value is -2.00. The molecule has 2 rings (SSSR count). The largest absolute Gasteiger partial charge is 0.493 e. The first-order valence-corrected chi connectivity index (χ1v) is 7.72. The van der Waals surface area contributed by atoms with E-state index in [2.05, 4.69) is 15.9 Å². The summed E-state index contributed by atoms with van der Waals surface area (Å²) in [5, 5.41) is 9.28. The van der Waals surface area contributed by atoms with Crippen LogP contribution in [-0.2, 0) is 4.79 Å². The molecule has 0 bridgehead atoms. The number of methoxy groups -OCH3 is 2. The molecular formula is C16H17BrN2O3. The van der Waals surface area contributed by atoms with Gasteiger partial charge in [-0.25, -0.2) is 0 Å². The summed E-state index contributed by atoms with van der Waals surface area (Å²) >= 11 is 3.40. The molecule has 0 atom stereocenters. The Morgan fingerprint density at radius 3 is 2.55 bits per heavy atom. The van der Waals surface area contributed by atoms with Crippen molar-refractivity contribution in [1.82, 2.24) is 4.90 Å². The number of ether oxygens (including phenoxy) is 2. The van der Waals surface area contributed by atoms with Crippen molar-refractivity contribution in [3.63, 3.8) is 0 Å². The van der Waals surface area contributed by atoms with Crippen molar-refractivity contribution in [3.05, 3.63) is 27.7 Å². The van der Waals surface area contributed by atoms with Crippen molar-refractivity contribution in [2.24, 2.45) is 0 Å². The number of carbonyl (C=O) groups is 1. The van der Waals surface area contributed by atoms with Crippen LogP contribution < -0.4 is 9.47 Å². The van der Waals surface area contributed by atoms with E-state index in [1.165, 1.54) is 0 Å². The molecule has 1 saturated heterocycles. The summed E-state index contributed by atoms with van der Waals surface area (Å²) in [5.41, 5.74) is 0.828. The summed E-state index contributed by atoms with van der Waals surface area (Å²) in [4.78, 5) is 14.0. The van der Waals surface area contributed by atoms with Crippen molar-refractivity contribution in [2.45, 2.75) is 12.8 Å². The predicted octanol–water partition coefficient (Wildman–Crippen LogP) is 3.00. The van der Waals surface area contributed by atoms with Crippen LogP contribution in [0.4, 0.5) is 0 Å². The maximum Gasteiger partial charge on any atom is 0.264 e. The van der Waals surface area contributed by atoms with Gasteiger partial charge < -0.3 is 14.4 Å². The van der Waals surface area contributed by atoms with Crippen molar-refractivity contribution in [1.29, 1.82) is 5.26 Å². The summed E-state index contributed by atoms with van der Waals surface area (Å²) in [5.74, 6) is 0.893. The number of halogens is 1. The highest BCUT2D eigenvalue weighted by molar-refractivity contribution is 9.10. The smallest absolute Gasteiger partial charge is 0.264 e. The van der Waals surface area contributed by atoms with Crippen LogP contribution in [0.3, 0.4) is 0 Å². The van der Waals surface area contributed by atoms with Crippen LogP contribution in [-0.4, -0.2) is 38.1 Å². The normalized spacial score (nSPS) is 14.6. The minimum Gasteiger partial charge on any atom is -0.493 e. The lowest BCUT2D eigenvalue weighted by Gasteiger charge is -2.14. The first kappa shape index (κ1) is 16.4. The standard InChI is InChI=1S/C16H17BrN2O3/c1-21-14-9-11(8-13(17)15(14)22-2)7-12(10-18)16(20)19-5-3-4-6-19/h7-9H,3-6H2,1-2H3/b12-7+. The Morgan fingerprint density at radius 2 is 2.00 bits per heavy atom. The third-order valence-electron chi connectivity index (χ3n) is 3.51. The second-order valence-electron chi connectivity index (χ2n) is 4.91. The summed E-state index contributed by atoms with van der Waals surface area (Å²) in [6.45, 7) is 1.43. The molecule has 1 aliphatic rings. The van der Waals surface area contributed by atoms with E-state index in [0.29, 0.717) is 34.6 Å². The zero-order chi connectivity index (χ0) is 16.1. The van der Waals surface area contributed by atoms with E-state index in [4.69, 9.17) is 9.47 Å². The molecule has 0 spiro atoms. The van der Waals surface area contributed by atoms with Gasteiger partial charge in [-0.15, -0.1) is 0 Å². The maximum absolute atomic E-state index is 12.3. The summed E-state index contributed by atoms with van der Waals surface area (Å²) in [7, 11) is 3.09. The molecule has 1 fully saturated rings. The average molecular weight is 365 g/mol. The first-order chi connectivity index (χ1) is 10.6. The number of hydrogen-bond acceptors (Lipinski definition) is 4. The van der Waals surface area contributed by atoms with E-state index in [1.54, 1.807) is 37.3 Å². The molecule has 22 heavy (non-hydrogen) atoms. The van der Waals surface area contributed by atoms with Crippen LogP contribution in [0.5, 0.6) is 11.5 Å². The van der Waals surface area contributed by atoms with Gasteiger partial charge >= 0.3 is 0 Å². The molecule has 0 saturated carbocycles. The molecule has 1 heterocycles. The van der Waals surface area contributed by atoms with E-state index < -0.39 is 0 Å². The van der Waals surface area contributed by atoms with Gasteiger partial charge in [0.25, 0.3) is 5.91 Å². The van der Waals surface area contributed by atoms with Crippen molar-refractivity contribution in [2.75, 3.05) is 27.3 Å². The highest BCUT2D eigenvalue weighted by atomic mass is 79.9. The molecular weight excluding hydrogens is 348 g/mol. The molecule has 1 aromatic carbocycles. The second kappa shape index (κ2) is 7.32. The lowest BCUT2D eigenvalue weighted by Crippen LogP contribution is -2.28. The van der Waals surface area contributed by atoms with Crippen LogP contribution in [0.1, 0.15) is 18.4 Å². The minimum atomic E-state index is -0.217. The van der Waals surface area contributed by atoms with Gasteiger partial charge in [0.1, 0.15) is 11.6 Å². The second-order valence-corrected chi connectivity index (χ2v) is 5.76. The topological polar surface area (TPSA) is 62.6 Å². The summed E-state index contributed by atoms with van der Waals surface area (Å²) < 4.78 is 11.2. The Labute approximate surface area is 138 Å². The molecule has 5 nitrogen and oxygen atoms in total. The lowest BCUT2D eigenvalue weighted by molar-refractivity contribution is -0.125. The fraction of sp³-hybridized carbons (Fsp3) is 0.375. The fourth-order valence-electron chi connectivity index (χ4n) is 2.42. The maximum atomic E-state index is 12.3. The van der Waals surface area contributed by atoms with Crippen molar-refractivity contribution in [3.8, 4) is 17.6 Å². The average Bonchev–Trinajstić information content (AvgIpc) is 3.05. The quantitative estimate of drug-likeness (QED) is 0.608.